The molecule has 19 heavy (non-hydrogen) atoms. The Balaban J connectivity index is 0.00000162. The molecular formula is C11H15N3O4S. The van der Waals surface area contributed by atoms with Crippen LogP contribution in [0.4, 0.5) is 0 Å². The highest BCUT2D eigenvalue weighted by Gasteiger charge is 2.25. The van der Waals surface area contributed by atoms with E-state index in [1.54, 1.807) is 24.3 Å². The molecule has 0 radical (unpaired) electrons. The maximum atomic E-state index is 10.7. The Bertz CT molecular complexity index is 551. The van der Waals surface area contributed by atoms with Gasteiger partial charge >= 0.3 is 5.97 Å². The molecule has 0 bridgehead atoms. The van der Waals surface area contributed by atoms with Gasteiger partial charge in [-0.25, -0.2) is 4.98 Å². The summed E-state index contributed by atoms with van der Waals surface area (Å²) in [6.45, 7) is 0. The van der Waals surface area contributed by atoms with Gasteiger partial charge in [-0.1, -0.05) is 12.1 Å². The van der Waals surface area contributed by atoms with E-state index in [-0.39, 0.29) is 24.6 Å². The number of aromatic nitrogens is 1. The van der Waals surface area contributed by atoms with Gasteiger partial charge in [0.05, 0.1) is 6.42 Å². The molecule has 0 amide bonds. The van der Waals surface area contributed by atoms with Crippen molar-refractivity contribution in [2.45, 2.75) is 12.3 Å². The molecule has 2 aromatic rings. The summed E-state index contributed by atoms with van der Waals surface area (Å²) in [4.78, 5) is 14.8. The van der Waals surface area contributed by atoms with Gasteiger partial charge in [-0.15, -0.1) is 0 Å². The number of aliphatic carboxylic acids is 1. The fraction of sp³-hybridized carbons (Fsp3) is 0.182. The number of aliphatic hydroxyl groups is 1. The van der Waals surface area contributed by atoms with E-state index >= 15 is 0 Å². The van der Waals surface area contributed by atoms with E-state index in [4.69, 9.17) is 9.52 Å². The van der Waals surface area contributed by atoms with Crippen LogP contribution in [-0.4, -0.2) is 26.2 Å². The molecule has 2 rings (SSSR count). The summed E-state index contributed by atoms with van der Waals surface area (Å²) in [6.07, 6.45) is -0.345. The second kappa shape index (κ2) is 6.78. The van der Waals surface area contributed by atoms with E-state index in [1.807, 2.05) is 0 Å². The van der Waals surface area contributed by atoms with E-state index in [9.17, 15) is 9.90 Å². The summed E-state index contributed by atoms with van der Waals surface area (Å²) in [5.74, 6) is -1.84. The topological polar surface area (TPSA) is 154 Å². The summed E-state index contributed by atoms with van der Waals surface area (Å²) in [6, 6.07) is 7.02. The molecular weight excluding hydrogens is 270 g/mol. The highest BCUT2D eigenvalue weighted by Crippen LogP contribution is 2.24. The number of hydrogen-bond acceptors (Lipinski definition) is 6. The third-order valence-electron chi connectivity index (χ3n) is 2.29. The van der Waals surface area contributed by atoms with Crippen LogP contribution in [0.5, 0.6) is 0 Å². The molecule has 8 N–H and O–H groups in total. The van der Waals surface area contributed by atoms with E-state index < -0.39 is 16.9 Å². The average Bonchev–Trinajstić information content (AvgIpc) is 2.68. The molecule has 0 saturated heterocycles. The van der Waals surface area contributed by atoms with Gasteiger partial charge in [0.15, 0.2) is 10.6 Å². The lowest BCUT2D eigenvalue weighted by molar-refractivity contribution is -0.137. The van der Waals surface area contributed by atoms with E-state index in [0.717, 1.165) is 0 Å². The Morgan fingerprint density at radius 2 is 1.95 bits per heavy atom. The second-order valence-corrected chi connectivity index (χ2v) is 3.93. The molecule has 0 spiro atoms. The molecule has 1 aromatic heterocycles. The maximum absolute atomic E-state index is 10.7. The summed E-state index contributed by atoms with van der Waals surface area (Å²) < 4.78 is 5.37. The number of fused-ring (bicyclic) bond motifs is 1. The molecule has 1 atom stereocenters. The smallest absolute Gasteiger partial charge is 0.304 e. The lowest BCUT2D eigenvalue weighted by Gasteiger charge is -2.06. The van der Waals surface area contributed by atoms with Gasteiger partial charge in [-0.05, 0) is 24.4 Å². The number of benzene rings is 1. The van der Waals surface area contributed by atoms with Crippen LogP contribution in [0, 0.1) is 0 Å². The third-order valence-corrected chi connectivity index (χ3v) is 2.57. The first kappa shape index (κ1) is 17.0. The molecule has 104 valence electrons. The SMILES string of the molecule is N.N.O=C(O)CC(C(O)=S)c1nc2ccccc2o1. The number of nitrogens with zero attached hydrogens (tertiary/aromatic N) is 1. The molecule has 0 aliphatic carbocycles. The predicted octanol–water partition coefficient (Wildman–Crippen LogP) is 2.60. The highest BCUT2D eigenvalue weighted by atomic mass is 32.1. The molecule has 1 aromatic carbocycles. The summed E-state index contributed by atoms with van der Waals surface area (Å²) in [5.41, 5.74) is 1.14. The number of rotatable bonds is 4. The minimum Gasteiger partial charge on any atom is -0.501 e. The number of carbonyl (C=O) groups is 1. The molecule has 7 nitrogen and oxygen atoms in total. The van der Waals surface area contributed by atoms with Crippen LogP contribution in [0.15, 0.2) is 28.7 Å². The fourth-order valence-corrected chi connectivity index (χ4v) is 1.68. The Morgan fingerprint density at radius 3 is 2.47 bits per heavy atom. The van der Waals surface area contributed by atoms with Crippen molar-refractivity contribution in [3.05, 3.63) is 30.2 Å². The lowest BCUT2D eigenvalue weighted by atomic mass is 10.1. The Morgan fingerprint density at radius 1 is 1.32 bits per heavy atom. The van der Waals surface area contributed by atoms with Crippen molar-refractivity contribution in [2.75, 3.05) is 0 Å². The van der Waals surface area contributed by atoms with Crippen LogP contribution in [0.2, 0.25) is 0 Å². The molecule has 0 saturated carbocycles. The van der Waals surface area contributed by atoms with Crippen LogP contribution < -0.4 is 12.3 Å². The maximum Gasteiger partial charge on any atom is 0.304 e. The van der Waals surface area contributed by atoms with Gasteiger partial charge < -0.3 is 26.9 Å². The molecule has 0 aliphatic rings. The zero-order valence-corrected chi connectivity index (χ0v) is 10.9. The first-order valence-electron chi connectivity index (χ1n) is 4.88. The van der Waals surface area contributed by atoms with Gasteiger partial charge in [0, 0.05) is 0 Å². The first-order valence-corrected chi connectivity index (χ1v) is 5.29. The van der Waals surface area contributed by atoms with Crippen LogP contribution >= 0.6 is 12.2 Å². The average molecular weight is 285 g/mol. The summed E-state index contributed by atoms with van der Waals surface area (Å²) in [5, 5.41) is 17.6. The Kier molecular flexibility index (Phi) is 6.06. The van der Waals surface area contributed by atoms with Crippen LogP contribution in [0.25, 0.3) is 11.1 Å². The van der Waals surface area contributed by atoms with Crippen molar-refractivity contribution in [3.63, 3.8) is 0 Å². The predicted molar refractivity (Wildman–Crippen MR) is 74.3 cm³/mol. The largest absolute Gasteiger partial charge is 0.501 e. The number of oxazole rings is 1. The van der Waals surface area contributed by atoms with Gasteiger partial charge in [0.1, 0.15) is 11.4 Å². The summed E-state index contributed by atoms with van der Waals surface area (Å²) >= 11 is 4.61. The number of thiocarbonyl (C=S) groups is 1. The minimum absolute atomic E-state index is 0. The quantitative estimate of drug-likeness (QED) is 0.625. The number of para-hydroxylation sites is 2. The van der Waals surface area contributed by atoms with Gasteiger partial charge in [-0.3, -0.25) is 4.79 Å². The monoisotopic (exact) mass is 285 g/mol. The van der Waals surface area contributed by atoms with Crippen LogP contribution in [0.1, 0.15) is 18.2 Å². The van der Waals surface area contributed by atoms with Crippen LogP contribution in [0.3, 0.4) is 0 Å². The van der Waals surface area contributed by atoms with Crippen molar-refractivity contribution < 1.29 is 19.4 Å². The number of aliphatic hydroxyl groups excluding tert-OH is 1. The van der Waals surface area contributed by atoms with E-state index in [0.29, 0.717) is 11.1 Å². The molecule has 0 aliphatic heterocycles. The zero-order chi connectivity index (χ0) is 12.4. The number of carboxylic acids is 1. The van der Waals surface area contributed by atoms with Crippen molar-refractivity contribution in [2.24, 2.45) is 0 Å². The van der Waals surface area contributed by atoms with Gasteiger partial charge in [0.2, 0.25) is 5.89 Å². The number of carboxylic acid groups (broad SMARTS) is 1. The van der Waals surface area contributed by atoms with Crippen LogP contribution in [-0.2, 0) is 4.79 Å². The van der Waals surface area contributed by atoms with E-state index in [1.165, 1.54) is 0 Å². The molecule has 0 fully saturated rings. The zero-order valence-electron chi connectivity index (χ0n) is 10.1. The second-order valence-electron chi connectivity index (χ2n) is 3.51. The van der Waals surface area contributed by atoms with Crippen molar-refractivity contribution in [1.82, 2.24) is 17.3 Å². The Hall–Kier alpha value is -2.03. The minimum atomic E-state index is -1.08. The molecule has 1 heterocycles. The van der Waals surface area contributed by atoms with Crippen molar-refractivity contribution >= 4 is 34.3 Å². The third kappa shape index (κ3) is 3.71. The standard InChI is InChI=1S/C11H9NO4S.2H3N/c13-9(14)5-6(11(15)17)10-12-7-3-1-2-4-8(7)16-10;;/h1-4,6H,5H2,(H,13,14)(H,15,17);2*1H3. The van der Waals surface area contributed by atoms with Crippen molar-refractivity contribution in [3.8, 4) is 0 Å². The van der Waals surface area contributed by atoms with Crippen molar-refractivity contribution in [1.29, 1.82) is 0 Å². The normalized spacial score (nSPS) is 11.2. The van der Waals surface area contributed by atoms with Gasteiger partial charge in [0.25, 0.3) is 0 Å². The lowest BCUT2D eigenvalue weighted by Crippen LogP contribution is -2.14. The Labute approximate surface area is 114 Å². The van der Waals surface area contributed by atoms with E-state index in [2.05, 4.69) is 17.2 Å². The fourth-order valence-electron chi connectivity index (χ4n) is 1.49. The number of hydrogen-bond donors (Lipinski definition) is 4. The highest BCUT2D eigenvalue weighted by molar-refractivity contribution is 7.80. The summed E-state index contributed by atoms with van der Waals surface area (Å²) in [7, 11) is 0. The molecule has 1 unspecified atom stereocenters. The molecule has 8 heteroatoms. The van der Waals surface area contributed by atoms with Gasteiger partial charge in [-0.2, -0.15) is 0 Å². The first-order chi connectivity index (χ1) is 8.08.